The van der Waals surface area contributed by atoms with E-state index in [1.807, 2.05) is 18.4 Å². The Morgan fingerprint density at radius 3 is 2.65 bits per heavy atom. The molecule has 0 aliphatic heterocycles. The van der Waals surface area contributed by atoms with Crippen LogP contribution < -0.4 is 9.47 Å². The molecule has 0 radical (unpaired) electrons. The monoisotopic (exact) mass is 418 g/mol. The Hall–Kier alpha value is -0.850. The maximum absolute atomic E-state index is 10.9. The van der Waals surface area contributed by atoms with Crippen LogP contribution in [0, 0.1) is 0 Å². The zero-order valence-electron chi connectivity index (χ0n) is 10.7. The molecule has 1 aromatic carbocycles. The van der Waals surface area contributed by atoms with E-state index in [1.54, 1.807) is 23.5 Å². The van der Waals surface area contributed by atoms with Crippen molar-refractivity contribution in [2.45, 2.75) is 13.5 Å². The molecule has 0 spiro atoms. The van der Waals surface area contributed by atoms with Gasteiger partial charge in [-0.05, 0) is 57.0 Å². The Kier molecular flexibility index (Phi) is 5.63. The topological polar surface area (TPSA) is 35.5 Å². The highest BCUT2D eigenvalue weighted by molar-refractivity contribution is 9.10. The van der Waals surface area contributed by atoms with E-state index < -0.39 is 0 Å². The second-order valence-corrected chi connectivity index (χ2v) is 6.67. The van der Waals surface area contributed by atoms with Gasteiger partial charge in [-0.3, -0.25) is 4.79 Å². The molecular formula is C14H12Br2O3S. The molecule has 2 rings (SSSR count). The van der Waals surface area contributed by atoms with E-state index >= 15 is 0 Å². The van der Waals surface area contributed by atoms with Crippen molar-refractivity contribution in [2.75, 3.05) is 6.61 Å². The number of aldehydes is 1. The molecule has 6 heteroatoms. The highest BCUT2D eigenvalue weighted by atomic mass is 79.9. The lowest BCUT2D eigenvalue weighted by atomic mass is 10.2. The van der Waals surface area contributed by atoms with Crippen LogP contribution in [0.3, 0.4) is 0 Å². The molecule has 1 aromatic heterocycles. The highest BCUT2D eigenvalue weighted by Gasteiger charge is 2.12. The third-order valence-corrected chi connectivity index (χ3v) is 4.71. The standard InChI is InChI=1S/C14H12Br2O3S/c1-2-18-13-4-9(6-17)3-12(16)14(13)19-7-11-5-10(15)8-20-11/h3-6,8H,2,7H2,1H3. The lowest BCUT2D eigenvalue weighted by Crippen LogP contribution is -2.00. The predicted octanol–water partition coefficient (Wildman–Crippen LogP) is 5.06. The van der Waals surface area contributed by atoms with E-state index in [-0.39, 0.29) is 0 Å². The van der Waals surface area contributed by atoms with Gasteiger partial charge in [-0.1, -0.05) is 0 Å². The lowest BCUT2D eigenvalue weighted by molar-refractivity contribution is 0.112. The fraction of sp³-hybridized carbons (Fsp3) is 0.214. The third kappa shape index (κ3) is 3.84. The van der Waals surface area contributed by atoms with Crippen molar-refractivity contribution in [3.8, 4) is 11.5 Å². The summed E-state index contributed by atoms with van der Waals surface area (Å²) >= 11 is 8.45. The summed E-state index contributed by atoms with van der Waals surface area (Å²) in [5.41, 5.74) is 0.548. The van der Waals surface area contributed by atoms with Crippen molar-refractivity contribution in [1.82, 2.24) is 0 Å². The summed E-state index contributed by atoms with van der Waals surface area (Å²) in [5, 5.41) is 2.01. The number of hydrogen-bond donors (Lipinski definition) is 0. The van der Waals surface area contributed by atoms with Gasteiger partial charge in [0.15, 0.2) is 11.5 Å². The van der Waals surface area contributed by atoms with Crippen LogP contribution in [0.1, 0.15) is 22.2 Å². The van der Waals surface area contributed by atoms with Crippen molar-refractivity contribution >= 4 is 49.5 Å². The smallest absolute Gasteiger partial charge is 0.175 e. The number of ether oxygens (including phenoxy) is 2. The first-order valence-corrected chi connectivity index (χ1v) is 8.37. The molecule has 0 unspecified atom stereocenters. The van der Waals surface area contributed by atoms with Crippen molar-refractivity contribution in [3.05, 3.63) is 43.0 Å². The van der Waals surface area contributed by atoms with Gasteiger partial charge in [0.05, 0.1) is 11.1 Å². The number of halogens is 2. The molecule has 0 fully saturated rings. The number of hydrogen-bond acceptors (Lipinski definition) is 4. The Balaban J connectivity index is 2.22. The van der Waals surface area contributed by atoms with Crippen molar-refractivity contribution in [2.24, 2.45) is 0 Å². The van der Waals surface area contributed by atoms with E-state index in [4.69, 9.17) is 9.47 Å². The van der Waals surface area contributed by atoms with Gasteiger partial charge in [0.25, 0.3) is 0 Å². The van der Waals surface area contributed by atoms with Gasteiger partial charge in [-0.25, -0.2) is 0 Å². The number of thiophene rings is 1. The number of rotatable bonds is 6. The van der Waals surface area contributed by atoms with Gasteiger partial charge in [0.1, 0.15) is 12.9 Å². The van der Waals surface area contributed by atoms with Crippen LogP contribution in [0.15, 0.2) is 32.5 Å². The minimum atomic E-state index is 0.454. The van der Waals surface area contributed by atoms with E-state index in [9.17, 15) is 4.79 Å². The van der Waals surface area contributed by atoms with E-state index in [1.165, 1.54) is 0 Å². The molecule has 0 amide bonds. The SMILES string of the molecule is CCOc1cc(C=O)cc(Br)c1OCc1cc(Br)cs1. The van der Waals surface area contributed by atoms with Crippen LogP contribution in [0.5, 0.6) is 11.5 Å². The van der Waals surface area contributed by atoms with E-state index in [0.29, 0.717) is 34.7 Å². The molecule has 20 heavy (non-hydrogen) atoms. The van der Waals surface area contributed by atoms with Gasteiger partial charge >= 0.3 is 0 Å². The third-order valence-electron chi connectivity index (χ3n) is 2.45. The molecule has 3 nitrogen and oxygen atoms in total. The van der Waals surface area contributed by atoms with E-state index in [0.717, 1.165) is 15.6 Å². The Bertz CT molecular complexity index is 610. The van der Waals surface area contributed by atoms with Crippen LogP contribution >= 0.6 is 43.2 Å². The number of carbonyl (C=O) groups is 1. The summed E-state index contributed by atoms with van der Waals surface area (Å²) in [5.74, 6) is 1.18. The quantitative estimate of drug-likeness (QED) is 0.613. The minimum Gasteiger partial charge on any atom is -0.490 e. The predicted molar refractivity (Wildman–Crippen MR) is 87.0 cm³/mol. The van der Waals surface area contributed by atoms with Crippen molar-refractivity contribution in [1.29, 1.82) is 0 Å². The second kappa shape index (κ2) is 7.24. The average Bonchev–Trinajstić information content (AvgIpc) is 2.83. The fourth-order valence-corrected chi connectivity index (χ4v) is 3.57. The summed E-state index contributed by atoms with van der Waals surface area (Å²) in [6, 6.07) is 5.41. The molecule has 0 atom stereocenters. The van der Waals surface area contributed by atoms with Crippen LogP contribution in [0.2, 0.25) is 0 Å². The molecule has 0 bridgehead atoms. The van der Waals surface area contributed by atoms with Crippen LogP contribution in [0.4, 0.5) is 0 Å². The summed E-state index contributed by atoms with van der Waals surface area (Å²) in [6.07, 6.45) is 0.785. The Morgan fingerprint density at radius 1 is 1.25 bits per heavy atom. The first kappa shape index (κ1) is 15.5. The van der Waals surface area contributed by atoms with Crippen LogP contribution in [-0.4, -0.2) is 12.9 Å². The van der Waals surface area contributed by atoms with Gasteiger partial charge in [-0.2, -0.15) is 0 Å². The summed E-state index contributed by atoms with van der Waals surface area (Å²) in [4.78, 5) is 12.0. The fourth-order valence-electron chi connectivity index (χ4n) is 1.63. The van der Waals surface area contributed by atoms with Gasteiger partial charge < -0.3 is 9.47 Å². The van der Waals surface area contributed by atoms with Crippen molar-refractivity contribution < 1.29 is 14.3 Å². The molecule has 0 aliphatic carbocycles. The first-order valence-electron chi connectivity index (χ1n) is 5.91. The van der Waals surface area contributed by atoms with Crippen LogP contribution in [0.25, 0.3) is 0 Å². The molecule has 0 saturated heterocycles. The largest absolute Gasteiger partial charge is 0.490 e. The maximum Gasteiger partial charge on any atom is 0.175 e. The normalized spacial score (nSPS) is 10.3. The molecule has 0 aliphatic rings. The summed E-state index contributed by atoms with van der Waals surface area (Å²) in [7, 11) is 0. The Morgan fingerprint density at radius 2 is 2.05 bits per heavy atom. The Labute approximate surface area is 138 Å². The van der Waals surface area contributed by atoms with Gasteiger partial charge in [0.2, 0.25) is 0 Å². The maximum atomic E-state index is 10.9. The number of benzene rings is 1. The molecule has 0 N–H and O–H groups in total. The molecule has 106 valence electrons. The zero-order chi connectivity index (χ0) is 14.5. The van der Waals surface area contributed by atoms with Gasteiger partial charge in [0, 0.05) is 20.3 Å². The minimum absolute atomic E-state index is 0.454. The summed E-state index contributed by atoms with van der Waals surface area (Å²) < 4.78 is 13.1. The highest BCUT2D eigenvalue weighted by Crippen LogP contribution is 2.37. The zero-order valence-corrected chi connectivity index (χ0v) is 14.7. The second-order valence-electron chi connectivity index (χ2n) is 3.90. The lowest BCUT2D eigenvalue weighted by Gasteiger charge is -2.13. The first-order chi connectivity index (χ1) is 9.63. The number of carbonyl (C=O) groups excluding carboxylic acids is 1. The summed E-state index contributed by atoms with van der Waals surface area (Å²) in [6.45, 7) is 2.85. The van der Waals surface area contributed by atoms with Gasteiger partial charge in [-0.15, -0.1) is 11.3 Å². The molecule has 0 saturated carbocycles. The molecular weight excluding hydrogens is 408 g/mol. The average molecular weight is 420 g/mol. The van der Waals surface area contributed by atoms with Crippen molar-refractivity contribution in [3.63, 3.8) is 0 Å². The molecule has 2 aromatic rings. The van der Waals surface area contributed by atoms with Crippen LogP contribution in [-0.2, 0) is 6.61 Å². The molecule has 1 heterocycles. The van der Waals surface area contributed by atoms with E-state index in [2.05, 4.69) is 31.9 Å².